The summed E-state index contributed by atoms with van der Waals surface area (Å²) in [4.78, 5) is 28.5. The van der Waals surface area contributed by atoms with Crippen LogP contribution in [0.4, 0.5) is 0 Å². The number of hydrogen-bond acceptors (Lipinski definition) is 7. The van der Waals surface area contributed by atoms with Crippen molar-refractivity contribution in [3.05, 3.63) is 105 Å². The van der Waals surface area contributed by atoms with Crippen LogP contribution < -0.4 is 10.9 Å². The van der Waals surface area contributed by atoms with Gasteiger partial charge in [-0.1, -0.05) is 43.7 Å². The molecule has 4 aromatic rings. The minimum Gasteiger partial charge on any atom is -0.493 e. The number of unbranched alkanes of at least 4 members (excludes halogenated alkanes) is 1. The number of benzene rings is 3. The molecular weight excluding hydrogens is 552 g/mol. The van der Waals surface area contributed by atoms with E-state index >= 15 is 0 Å². The molecule has 0 aliphatic heterocycles. The highest BCUT2D eigenvalue weighted by Crippen LogP contribution is 2.40. The van der Waals surface area contributed by atoms with Gasteiger partial charge in [0.05, 0.1) is 22.6 Å². The standard InChI is InChI=1S/C32H30N4O5S/c1-3-4-8-28-35-31(38)29(32(39)36(28)27-16-13-22-10-9-20(19-33)17-26(22)27)42(40,41)25-14-11-21(12-15-25)23-6-5-7-24(18-23)30(37)34-2/h5-7,9-12,14-15,17-18,27,39H,3-4,8,13,16H2,1-2H3,(H,34,37). The minimum atomic E-state index is -4.47. The van der Waals surface area contributed by atoms with E-state index in [4.69, 9.17) is 0 Å². The Morgan fingerprint density at radius 3 is 2.57 bits per heavy atom. The molecule has 2 N–H and O–H groups in total. The first-order chi connectivity index (χ1) is 20.2. The highest BCUT2D eigenvalue weighted by molar-refractivity contribution is 7.91. The lowest BCUT2D eigenvalue weighted by Gasteiger charge is -2.23. The number of carbonyl (C=O) groups is 1. The fourth-order valence-corrected chi connectivity index (χ4v) is 6.81. The number of carbonyl (C=O) groups excluding carboxylic acids is 1. The largest absolute Gasteiger partial charge is 0.493 e. The van der Waals surface area contributed by atoms with Crippen LogP contribution >= 0.6 is 0 Å². The smallest absolute Gasteiger partial charge is 0.296 e. The van der Waals surface area contributed by atoms with Gasteiger partial charge in [0, 0.05) is 19.0 Å². The Morgan fingerprint density at radius 2 is 1.88 bits per heavy atom. The number of nitrogens with zero attached hydrogens (tertiary/aromatic N) is 3. The molecule has 0 radical (unpaired) electrons. The van der Waals surface area contributed by atoms with Gasteiger partial charge in [-0.3, -0.25) is 14.2 Å². The van der Waals surface area contributed by atoms with Crippen LogP contribution in [0.1, 0.15) is 65.1 Å². The van der Waals surface area contributed by atoms with Crippen LogP contribution in [0.15, 0.2) is 81.3 Å². The fraction of sp³-hybridized carbons (Fsp3) is 0.250. The van der Waals surface area contributed by atoms with E-state index in [1.54, 1.807) is 48.5 Å². The number of nitrogens with one attached hydrogen (secondary N) is 1. The first kappa shape index (κ1) is 28.8. The quantitative estimate of drug-likeness (QED) is 0.310. The topological polar surface area (TPSA) is 142 Å². The maximum Gasteiger partial charge on any atom is 0.296 e. The summed E-state index contributed by atoms with van der Waals surface area (Å²) < 4.78 is 29.1. The second kappa shape index (κ2) is 11.6. The lowest BCUT2D eigenvalue weighted by Crippen LogP contribution is -2.27. The van der Waals surface area contributed by atoms with Crippen LogP contribution in [0.5, 0.6) is 5.88 Å². The summed E-state index contributed by atoms with van der Waals surface area (Å²) in [7, 11) is -2.93. The molecule has 214 valence electrons. The molecule has 1 aliphatic carbocycles. The van der Waals surface area contributed by atoms with E-state index in [1.807, 2.05) is 13.0 Å². The van der Waals surface area contributed by atoms with Gasteiger partial charge in [0.15, 0.2) is 4.90 Å². The van der Waals surface area contributed by atoms with Crippen molar-refractivity contribution in [1.82, 2.24) is 14.9 Å². The number of rotatable bonds is 8. The van der Waals surface area contributed by atoms with Gasteiger partial charge in [-0.2, -0.15) is 10.2 Å². The van der Waals surface area contributed by atoms with Crippen LogP contribution in [0.2, 0.25) is 0 Å². The zero-order chi connectivity index (χ0) is 30.0. The van der Waals surface area contributed by atoms with Gasteiger partial charge in [-0.15, -0.1) is 0 Å². The third kappa shape index (κ3) is 5.19. The Morgan fingerprint density at radius 1 is 1.12 bits per heavy atom. The summed E-state index contributed by atoms with van der Waals surface area (Å²) >= 11 is 0. The molecule has 0 saturated heterocycles. The van der Waals surface area contributed by atoms with Crippen molar-refractivity contribution in [2.75, 3.05) is 7.05 Å². The number of aromatic nitrogens is 2. The summed E-state index contributed by atoms with van der Waals surface area (Å²) in [6.45, 7) is 1.99. The molecule has 3 aromatic carbocycles. The Labute approximate surface area is 244 Å². The molecule has 1 atom stereocenters. The van der Waals surface area contributed by atoms with E-state index in [2.05, 4.69) is 16.4 Å². The summed E-state index contributed by atoms with van der Waals surface area (Å²) in [5, 5.41) is 23.6. The summed E-state index contributed by atoms with van der Waals surface area (Å²) in [6, 6.07) is 19.8. The molecule has 1 aromatic heterocycles. The van der Waals surface area contributed by atoms with E-state index in [1.165, 1.54) is 23.7 Å². The number of aromatic hydroxyl groups is 1. The normalized spacial score (nSPS) is 14.3. The molecule has 0 bridgehead atoms. The monoisotopic (exact) mass is 582 g/mol. The zero-order valence-corrected chi connectivity index (χ0v) is 24.1. The molecule has 1 aliphatic rings. The Bertz CT molecular complexity index is 1890. The number of aryl methyl sites for hydroxylation is 2. The van der Waals surface area contributed by atoms with E-state index in [-0.39, 0.29) is 10.8 Å². The molecule has 0 saturated carbocycles. The molecule has 0 spiro atoms. The van der Waals surface area contributed by atoms with Crippen molar-refractivity contribution in [3.8, 4) is 23.1 Å². The van der Waals surface area contributed by atoms with Crippen LogP contribution in [0, 0.1) is 11.3 Å². The SMILES string of the molecule is CCCCc1nc(=O)c(S(=O)(=O)c2ccc(-c3cccc(C(=O)NC)c3)cc2)c(O)n1C1CCc2ccc(C#N)cc21. The van der Waals surface area contributed by atoms with Gasteiger partial charge >= 0.3 is 0 Å². The van der Waals surface area contributed by atoms with Gasteiger partial charge < -0.3 is 10.4 Å². The maximum absolute atomic E-state index is 13.8. The van der Waals surface area contributed by atoms with Gasteiger partial charge in [-0.25, -0.2) is 8.42 Å². The summed E-state index contributed by atoms with van der Waals surface area (Å²) in [5.41, 5.74) is 3.09. The Kier molecular flexibility index (Phi) is 7.96. The van der Waals surface area contributed by atoms with E-state index in [0.29, 0.717) is 53.8 Å². The van der Waals surface area contributed by atoms with Crippen LogP contribution in [-0.4, -0.2) is 36.0 Å². The number of sulfone groups is 1. The molecule has 9 nitrogen and oxygen atoms in total. The van der Waals surface area contributed by atoms with Crippen LogP contribution in [0.3, 0.4) is 0 Å². The average molecular weight is 583 g/mol. The van der Waals surface area contributed by atoms with Crippen molar-refractivity contribution >= 4 is 15.7 Å². The maximum atomic E-state index is 13.8. The second-order valence-electron chi connectivity index (χ2n) is 10.2. The highest BCUT2D eigenvalue weighted by Gasteiger charge is 2.34. The van der Waals surface area contributed by atoms with E-state index in [9.17, 15) is 28.4 Å². The fourth-order valence-electron chi connectivity index (χ4n) is 5.47. The molecule has 0 fully saturated rings. The predicted molar refractivity (Wildman–Crippen MR) is 157 cm³/mol. The molecule has 1 amide bonds. The predicted octanol–water partition coefficient (Wildman–Crippen LogP) is 4.56. The molecule has 1 unspecified atom stereocenters. The van der Waals surface area contributed by atoms with E-state index < -0.39 is 32.2 Å². The summed E-state index contributed by atoms with van der Waals surface area (Å²) in [6.07, 6.45) is 3.13. The molecule has 5 rings (SSSR count). The van der Waals surface area contributed by atoms with Crippen molar-refractivity contribution in [3.63, 3.8) is 0 Å². The third-order valence-corrected chi connectivity index (χ3v) is 9.43. The number of nitriles is 1. The van der Waals surface area contributed by atoms with Crippen molar-refractivity contribution in [1.29, 1.82) is 5.26 Å². The third-order valence-electron chi connectivity index (χ3n) is 7.64. The van der Waals surface area contributed by atoms with E-state index in [0.717, 1.165) is 17.5 Å². The van der Waals surface area contributed by atoms with Crippen molar-refractivity contribution in [2.24, 2.45) is 0 Å². The zero-order valence-electron chi connectivity index (χ0n) is 23.3. The number of fused-ring (bicyclic) bond motifs is 1. The van der Waals surface area contributed by atoms with Gasteiger partial charge in [0.25, 0.3) is 11.5 Å². The first-order valence-electron chi connectivity index (χ1n) is 13.7. The average Bonchev–Trinajstić information content (AvgIpc) is 3.42. The lowest BCUT2D eigenvalue weighted by atomic mass is 10.0. The Balaban J connectivity index is 1.60. The first-order valence-corrected chi connectivity index (χ1v) is 15.2. The molecular formula is C32H30N4O5S. The van der Waals surface area contributed by atoms with Crippen molar-refractivity contribution in [2.45, 2.75) is 54.9 Å². The highest BCUT2D eigenvalue weighted by atomic mass is 32.2. The molecule has 10 heteroatoms. The summed E-state index contributed by atoms with van der Waals surface area (Å²) in [5.74, 6) is -0.583. The molecule has 42 heavy (non-hydrogen) atoms. The van der Waals surface area contributed by atoms with Crippen LogP contribution in [0.25, 0.3) is 11.1 Å². The van der Waals surface area contributed by atoms with Crippen LogP contribution in [-0.2, 0) is 22.7 Å². The Hall–Kier alpha value is -4.75. The second-order valence-corrected chi connectivity index (χ2v) is 12.1. The molecule has 1 heterocycles. The van der Waals surface area contributed by atoms with Gasteiger partial charge in [-0.05, 0) is 77.9 Å². The number of hydrogen-bond donors (Lipinski definition) is 2. The van der Waals surface area contributed by atoms with Gasteiger partial charge in [0.1, 0.15) is 5.82 Å². The van der Waals surface area contributed by atoms with Gasteiger partial charge in [0.2, 0.25) is 15.7 Å². The lowest BCUT2D eigenvalue weighted by molar-refractivity contribution is 0.0963. The van der Waals surface area contributed by atoms with Crippen molar-refractivity contribution < 1.29 is 18.3 Å². The number of amides is 1. The minimum absolute atomic E-state index is 0.172.